The highest BCUT2D eigenvalue weighted by atomic mass is 16.6. The smallest absolute Gasteiger partial charge is 0.338 e. The Hall–Kier alpha value is -2.03. The van der Waals surface area contributed by atoms with Crippen LogP contribution in [0, 0.1) is 5.92 Å². The third kappa shape index (κ3) is 9.19. The molecule has 0 aromatic rings. The van der Waals surface area contributed by atoms with Crippen molar-refractivity contribution in [2.75, 3.05) is 7.11 Å². The van der Waals surface area contributed by atoms with Crippen LogP contribution in [0.1, 0.15) is 58.8 Å². The fourth-order valence-corrected chi connectivity index (χ4v) is 3.28. The molecule has 0 amide bonds. The molecule has 1 heterocycles. The summed E-state index contributed by atoms with van der Waals surface area (Å²) in [5, 5.41) is 28.8. The van der Waals surface area contributed by atoms with E-state index in [0.29, 0.717) is 12.0 Å². The molecule has 0 aromatic carbocycles. The van der Waals surface area contributed by atoms with E-state index in [0.717, 1.165) is 25.7 Å². The lowest BCUT2D eigenvalue weighted by Gasteiger charge is -2.23. The van der Waals surface area contributed by atoms with Crippen LogP contribution < -0.4 is 0 Å². The number of Topliss-reactive ketones (excluding diaryl/α,β-unsaturated/α-hetero) is 1. The van der Waals surface area contributed by atoms with Gasteiger partial charge in [0, 0.05) is 19.4 Å². The predicted molar refractivity (Wildman–Crippen MR) is 110 cm³/mol. The van der Waals surface area contributed by atoms with Crippen molar-refractivity contribution in [2.24, 2.45) is 5.92 Å². The van der Waals surface area contributed by atoms with Crippen LogP contribution in [0.3, 0.4) is 0 Å². The Labute approximate surface area is 177 Å². The second-order valence-corrected chi connectivity index (χ2v) is 7.75. The second kappa shape index (κ2) is 13.3. The molecular formula is C22H34O8. The van der Waals surface area contributed by atoms with E-state index in [1.165, 1.54) is 13.2 Å². The number of ketones is 1. The van der Waals surface area contributed by atoms with Crippen LogP contribution in [-0.2, 0) is 23.9 Å². The standard InChI is InChI=1S/C22H34O8/c1-14(18(24)12-16(29-3)13-20(25)26)11-15(2)19-10-8-6-4-5-7-9-17(23)21(27)22(28)30-19/h7,9,11,14,16-17,19,21,23,27H,4-6,8,10,12-13H2,1-3H3,(H,25,26)/b9-7+,15-11+. The van der Waals surface area contributed by atoms with Crippen LogP contribution in [0.25, 0.3) is 0 Å². The molecule has 1 aliphatic rings. The molecule has 8 nitrogen and oxygen atoms in total. The van der Waals surface area contributed by atoms with E-state index >= 15 is 0 Å². The molecule has 0 radical (unpaired) electrons. The zero-order valence-corrected chi connectivity index (χ0v) is 18.0. The fraction of sp³-hybridized carbons (Fsp3) is 0.682. The van der Waals surface area contributed by atoms with Gasteiger partial charge in [-0.3, -0.25) is 9.59 Å². The van der Waals surface area contributed by atoms with Gasteiger partial charge in [-0.05, 0) is 38.2 Å². The number of aliphatic hydroxyl groups excluding tert-OH is 2. The number of ether oxygens (including phenoxy) is 2. The minimum absolute atomic E-state index is 0.0323. The van der Waals surface area contributed by atoms with Crippen LogP contribution in [0.15, 0.2) is 23.8 Å². The van der Waals surface area contributed by atoms with Gasteiger partial charge in [0.1, 0.15) is 18.0 Å². The summed E-state index contributed by atoms with van der Waals surface area (Å²) in [6.45, 7) is 3.45. The molecule has 0 saturated heterocycles. The van der Waals surface area contributed by atoms with E-state index in [-0.39, 0.29) is 18.6 Å². The summed E-state index contributed by atoms with van der Waals surface area (Å²) in [6.07, 6.45) is 4.17. The van der Waals surface area contributed by atoms with Crippen molar-refractivity contribution in [3.05, 3.63) is 23.8 Å². The molecule has 0 aromatic heterocycles. The molecule has 5 atom stereocenters. The Morgan fingerprint density at radius 3 is 2.60 bits per heavy atom. The summed E-state index contributed by atoms with van der Waals surface area (Å²) in [6, 6.07) is 0. The number of carbonyl (C=O) groups is 3. The van der Waals surface area contributed by atoms with Crippen molar-refractivity contribution in [3.8, 4) is 0 Å². The summed E-state index contributed by atoms with van der Waals surface area (Å²) in [4.78, 5) is 35.6. The number of allylic oxidation sites excluding steroid dienone is 2. The van der Waals surface area contributed by atoms with E-state index in [9.17, 15) is 24.6 Å². The molecule has 0 saturated carbocycles. The van der Waals surface area contributed by atoms with E-state index < -0.39 is 42.3 Å². The second-order valence-electron chi connectivity index (χ2n) is 7.75. The lowest BCUT2D eigenvalue weighted by Crippen LogP contribution is -2.37. The van der Waals surface area contributed by atoms with Gasteiger partial charge < -0.3 is 24.8 Å². The number of carboxylic acid groups (broad SMARTS) is 1. The first kappa shape index (κ1) is 26.0. The quantitative estimate of drug-likeness (QED) is 0.398. The third-order valence-corrected chi connectivity index (χ3v) is 5.19. The molecular weight excluding hydrogens is 392 g/mol. The van der Waals surface area contributed by atoms with Crippen LogP contribution in [0.2, 0.25) is 0 Å². The van der Waals surface area contributed by atoms with E-state index in [1.54, 1.807) is 26.0 Å². The van der Waals surface area contributed by atoms with Crippen molar-refractivity contribution in [3.63, 3.8) is 0 Å². The number of carboxylic acids is 1. The maximum absolute atomic E-state index is 12.5. The summed E-state index contributed by atoms with van der Waals surface area (Å²) in [5.74, 6) is -2.65. The molecule has 0 bridgehead atoms. The molecule has 1 aliphatic heterocycles. The minimum atomic E-state index is -1.67. The summed E-state index contributed by atoms with van der Waals surface area (Å²) < 4.78 is 10.5. The normalized spacial score (nSPS) is 27.2. The molecule has 3 N–H and O–H groups in total. The number of aliphatic carboxylic acids is 1. The van der Waals surface area contributed by atoms with Gasteiger partial charge in [0.2, 0.25) is 0 Å². The molecule has 30 heavy (non-hydrogen) atoms. The van der Waals surface area contributed by atoms with Crippen LogP contribution in [0.5, 0.6) is 0 Å². The number of hydrogen-bond acceptors (Lipinski definition) is 7. The first-order valence-electron chi connectivity index (χ1n) is 10.3. The number of cyclic esters (lactones) is 1. The van der Waals surface area contributed by atoms with Crippen LogP contribution >= 0.6 is 0 Å². The Balaban J connectivity index is 2.86. The number of hydrogen-bond donors (Lipinski definition) is 3. The Kier molecular flexibility index (Phi) is 11.5. The lowest BCUT2D eigenvalue weighted by molar-refractivity contribution is -0.162. The van der Waals surface area contributed by atoms with Gasteiger partial charge in [-0.1, -0.05) is 31.6 Å². The SMILES string of the molecule is COC(CC(=O)O)CC(=O)C(C)/C=C(\C)C1CCCCC/C=C/C(O)C(O)C(=O)O1. The third-order valence-electron chi connectivity index (χ3n) is 5.19. The first-order valence-corrected chi connectivity index (χ1v) is 10.3. The summed E-state index contributed by atoms with van der Waals surface area (Å²) >= 11 is 0. The predicted octanol–water partition coefficient (Wildman–Crippen LogP) is 2.17. The number of esters is 1. The van der Waals surface area contributed by atoms with Gasteiger partial charge >= 0.3 is 11.9 Å². The summed E-state index contributed by atoms with van der Waals surface area (Å²) in [7, 11) is 1.37. The summed E-state index contributed by atoms with van der Waals surface area (Å²) in [5.41, 5.74) is 0.672. The Morgan fingerprint density at radius 1 is 1.27 bits per heavy atom. The monoisotopic (exact) mass is 426 g/mol. The van der Waals surface area contributed by atoms with Crippen molar-refractivity contribution >= 4 is 17.7 Å². The number of methoxy groups -OCH3 is 1. The van der Waals surface area contributed by atoms with Gasteiger partial charge in [-0.25, -0.2) is 4.79 Å². The van der Waals surface area contributed by atoms with Crippen molar-refractivity contribution in [1.82, 2.24) is 0 Å². The number of carbonyl (C=O) groups excluding carboxylic acids is 2. The van der Waals surface area contributed by atoms with Crippen LogP contribution in [-0.4, -0.2) is 64.6 Å². The molecule has 5 unspecified atom stereocenters. The maximum Gasteiger partial charge on any atom is 0.338 e. The Morgan fingerprint density at radius 2 is 1.97 bits per heavy atom. The van der Waals surface area contributed by atoms with Gasteiger partial charge in [-0.2, -0.15) is 0 Å². The molecule has 0 spiro atoms. The first-order chi connectivity index (χ1) is 14.1. The van der Waals surface area contributed by atoms with Gasteiger partial charge in [0.25, 0.3) is 0 Å². The van der Waals surface area contributed by atoms with Crippen LogP contribution in [0.4, 0.5) is 0 Å². The van der Waals surface area contributed by atoms with E-state index in [2.05, 4.69) is 0 Å². The highest BCUT2D eigenvalue weighted by Crippen LogP contribution is 2.21. The molecule has 1 rings (SSSR count). The average molecular weight is 427 g/mol. The minimum Gasteiger partial charge on any atom is -0.481 e. The molecule has 0 fully saturated rings. The van der Waals surface area contributed by atoms with Gasteiger partial charge in [-0.15, -0.1) is 0 Å². The lowest BCUT2D eigenvalue weighted by atomic mass is 9.94. The van der Waals surface area contributed by atoms with E-state index in [4.69, 9.17) is 14.6 Å². The number of aliphatic hydroxyl groups is 2. The van der Waals surface area contributed by atoms with E-state index in [1.807, 2.05) is 0 Å². The van der Waals surface area contributed by atoms with Crippen molar-refractivity contribution in [2.45, 2.75) is 83.2 Å². The number of rotatable bonds is 8. The van der Waals surface area contributed by atoms with Gasteiger partial charge in [0.15, 0.2) is 6.10 Å². The molecule has 0 aliphatic carbocycles. The maximum atomic E-state index is 12.5. The zero-order valence-electron chi connectivity index (χ0n) is 18.0. The topological polar surface area (TPSA) is 130 Å². The molecule has 8 heteroatoms. The highest BCUT2D eigenvalue weighted by molar-refractivity contribution is 5.83. The molecule has 170 valence electrons. The Bertz CT molecular complexity index is 639. The van der Waals surface area contributed by atoms with Gasteiger partial charge in [0.05, 0.1) is 12.5 Å². The zero-order chi connectivity index (χ0) is 22.7. The largest absolute Gasteiger partial charge is 0.481 e. The van der Waals surface area contributed by atoms with Crippen molar-refractivity contribution in [1.29, 1.82) is 0 Å². The van der Waals surface area contributed by atoms with Crippen molar-refractivity contribution < 1.29 is 39.2 Å². The average Bonchev–Trinajstić information content (AvgIpc) is 2.69. The fourth-order valence-electron chi connectivity index (χ4n) is 3.28. The highest BCUT2D eigenvalue weighted by Gasteiger charge is 2.28.